The van der Waals surface area contributed by atoms with Gasteiger partial charge in [0.1, 0.15) is 0 Å². The third-order valence-electron chi connectivity index (χ3n) is 5.83. The fourth-order valence-electron chi connectivity index (χ4n) is 4.50. The molecule has 6 nitrogen and oxygen atoms in total. The first kappa shape index (κ1) is 23.6. The van der Waals surface area contributed by atoms with Gasteiger partial charge >= 0.3 is 0 Å². The number of methoxy groups -OCH3 is 1. The number of amides is 2. The molecule has 2 aliphatic rings. The number of benzene rings is 1. The zero-order valence-electron chi connectivity index (χ0n) is 18.6. The molecule has 0 radical (unpaired) electrons. The molecule has 168 valence electrons. The fourth-order valence-corrected chi connectivity index (χ4v) is 5.68. The van der Waals surface area contributed by atoms with Crippen LogP contribution in [0, 0.1) is 5.41 Å². The molecular weight excluding hydrogens is 412 g/mol. The van der Waals surface area contributed by atoms with Crippen LogP contribution in [0.15, 0.2) is 36.4 Å². The van der Waals surface area contributed by atoms with Crippen molar-refractivity contribution in [3.63, 3.8) is 0 Å². The Kier molecular flexibility index (Phi) is 7.62. The first-order valence-corrected chi connectivity index (χ1v) is 11.7. The molecule has 7 heteroatoms. The van der Waals surface area contributed by atoms with E-state index < -0.39 is 0 Å². The summed E-state index contributed by atoms with van der Waals surface area (Å²) in [5, 5.41) is 11.7. The average Bonchev–Trinajstić information content (AvgIpc) is 2.73. The molecule has 3 rings (SSSR count). The summed E-state index contributed by atoms with van der Waals surface area (Å²) >= 11 is 1.73. The lowest BCUT2D eigenvalue weighted by molar-refractivity contribution is -0.128. The number of rotatable bonds is 9. The van der Waals surface area contributed by atoms with Crippen molar-refractivity contribution in [3.05, 3.63) is 53.1 Å². The van der Waals surface area contributed by atoms with Gasteiger partial charge in [0, 0.05) is 43.5 Å². The standard InChI is InChI=1S/C24H32N2O4S/c1-5-9-26-20(31-12-11-30-4)14-19-18-7-6-16(22(28)25-8-10-27)13-17(18)15-24(2,3)21(19)23(26)29/h5-7,13,20,27H,1,8-12,14-15H2,2-4H3,(H,25,28). The molecule has 31 heavy (non-hydrogen) atoms. The lowest BCUT2D eigenvalue weighted by Crippen LogP contribution is -2.47. The molecule has 2 N–H and O–H groups in total. The zero-order valence-corrected chi connectivity index (χ0v) is 19.4. The predicted octanol–water partition coefficient (Wildman–Crippen LogP) is 2.87. The van der Waals surface area contributed by atoms with Gasteiger partial charge < -0.3 is 20.1 Å². The van der Waals surface area contributed by atoms with Gasteiger partial charge in [0.15, 0.2) is 0 Å². The lowest BCUT2D eigenvalue weighted by Gasteiger charge is -2.45. The van der Waals surface area contributed by atoms with E-state index in [0.29, 0.717) is 25.1 Å². The van der Waals surface area contributed by atoms with E-state index in [9.17, 15) is 9.59 Å². The minimum absolute atomic E-state index is 0.0219. The second-order valence-corrected chi connectivity index (χ2v) is 9.82. The van der Waals surface area contributed by atoms with Crippen molar-refractivity contribution in [3.8, 4) is 0 Å². The number of carbonyl (C=O) groups excluding carboxylic acids is 2. The number of thioether (sulfide) groups is 1. The molecule has 0 saturated carbocycles. The van der Waals surface area contributed by atoms with Crippen LogP contribution in [0.5, 0.6) is 0 Å². The maximum absolute atomic E-state index is 13.6. The number of aliphatic hydroxyl groups is 1. The van der Waals surface area contributed by atoms with Crippen molar-refractivity contribution in [1.29, 1.82) is 0 Å². The van der Waals surface area contributed by atoms with E-state index in [0.717, 1.165) is 34.4 Å². The maximum Gasteiger partial charge on any atom is 0.251 e. The van der Waals surface area contributed by atoms with Gasteiger partial charge in [-0.1, -0.05) is 26.0 Å². The molecule has 1 aliphatic carbocycles. The monoisotopic (exact) mass is 444 g/mol. The molecule has 2 amide bonds. The van der Waals surface area contributed by atoms with Crippen LogP contribution in [0.1, 0.15) is 41.8 Å². The number of hydrogen-bond acceptors (Lipinski definition) is 5. The van der Waals surface area contributed by atoms with Crippen molar-refractivity contribution >= 4 is 29.1 Å². The molecule has 1 unspecified atom stereocenters. The largest absolute Gasteiger partial charge is 0.395 e. The average molecular weight is 445 g/mol. The molecular formula is C24H32N2O4S. The summed E-state index contributed by atoms with van der Waals surface area (Å²) in [6.45, 7) is 9.35. The highest BCUT2D eigenvalue weighted by Crippen LogP contribution is 2.49. The van der Waals surface area contributed by atoms with E-state index in [1.54, 1.807) is 24.9 Å². The highest BCUT2D eigenvalue weighted by molar-refractivity contribution is 7.99. The molecule has 0 spiro atoms. The Balaban J connectivity index is 2.00. The molecule has 0 aromatic heterocycles. The number of aliphatic hydroxyl groups excluding tert-OH is 1. The number of carbonyl (C=O) groups is 2. The van der Waals surface area contributed by atoms with Gasteiger partial charge in [-0.15, -0.1) is 18.3 Å². The van der Waals surface area contributed by atoms with Gasteiger partial charge in [0.2, 0.25) is 0 Å². The van der Waals surface area contributed by atoms with E-state index in [1.165, 1.54) is 0 Å². The number of nitrogens with one attached hydrogen (secondary N) is 1. The quantitative estimate of drug-likeness (QED) is 0.452. The van der Waals surface area contributed by atoms with Gasteiger partial charge in [-0.05, 0) is 40.7 Å². The molecule has 0 fully saturated rings. The Labute approximate surface area is 188 Å². The van der Waals surface area contributed by atoms with Crippen LogP contribution in [-0.4, -0.2) is 66.4 Å². The van der Waals surface area contributed by atoms with Crippen molar-refractivity contribution in [1.82, 2.24) is 10.2 Å². The van der Waals surface area contributed by atoms with Gasteiger partial charge in [-0.3, -0.25) is 9.59 Å². The number of nitrogens with zero attached hydrogens (tertiary/aromatic N) is 1. The van der Waals surface area contributed by atoms with Crippen LogP contribution in [0.3, 0.4) is 0 Å². The van der Waals surface area contributed by atoms with Gasteiger partial charge in [-0.25, -0.2) is 0 Å². The summed E-state index contributed by atoms with van der Waals surface area (Å²) in [5.41, 5.74) is 4.37. The summed E-state index contributed by atoms with van der Waals surface area (Å²) in [5.74, 6) is 0.695. The lowest BCUT2D eigenvalue weighted by atomic mass is 9.67. The van der Waals surface area contributed by atoms with E-state index in [1.807, 2.05) is 23.1 Å². The highest BCUT2D eigenvalue weighted by Gasteiger charge is 2.44. The summed E-state index contributed by atoms with van der Waals surface area (Å²) in [7, 11) is 1.68. The van der Waals surface area contributed by atoms with Gasteiger partial charge in [0.25, 0.3) is 11.8 Å². The molecule has 1 heterocycles. The Morgan fingerprint density at radius 1 is 1.45 bits per heavy atom. The summed E-state index contributed by atoms with van der Waals surface area (Å²) < 4.78 is 5.20. The third-order valence-corrected chi connectivity index (χ3v) is 7.03. The SMILES string of the molecule is C=CCN1C(=O)C2=C(CC1SCCOC)c1ccc(C(=O)NCCO)cc1CC2(C)C. The molecule has 1 aromatic carbocycles. The van der Waals surface area contributed by atoms with Crippen molar-refractivity contribution < 1.29 is 19.4 Å². The van der Waals surface area contributed by atoms with E-state index in [-0.39, 0.29) is 35.8 Å². The normalized spacial score (nSPS) is 19.7. The fraction of sp³-hybridized carbons (Fsp3) is 0.500. The van der Waals surface area contributed by atoms with E-state index >= 15 is 0 Å². The van der Waals surface area contributed by atoms with Crippen LogP contribution in [-0.2, 0) is 16.0 Å². The molecule has 1 aromatic rings. The maximum atomic E-state index is 13.6. The number of hydrogen-bond donors (Lipinski definition) is 2. The summed E-state index contributed by atoms with van der Waals surface area (Å²) in [6, 6.07) is 5.71. The predicted molar refractivity (Wildman–Crippen MR) is 125 cm³/mol. The molecule has 1 aliphatic heterocycles. The topological polar surface area (TPSA) is 78.9 Å². The smallest absolute Gasteiger partial charge is 0.251 e. The minimum atomic E-state index is -0.332. The van der Waals surface area contributed by atoms with Crippen LogP contribution < -0.4 is 5.32 Å². The Morgan fingerprint density at radius 3 is 2.90 bits per heavy atom. The third kappa shape index (κ3) is 4.89. The second-order valence-electron chi connectivity index (χ2n) is 8.53. The first-order valence-electron chi connectivity index (χ1n) is 10.6. The number of ether oxygens (including phenoxy) is 1. The van der Waals surface area contributed by atoms with E-state index in [4.69, 9.17) is 9.84 Å². The minimum Gasteiger partial charge on any atom is -0.395 e. The van der Waals surface area contributed by atoms with Crippen LogP contribution in [0.4, 0.5) is 0 Å². The Morgan fingerprint density at radius 2 is 2.23 bits per heavy atom. The molecule has 0 bridgehead atoms. The number of fused-ring (bicyclic) bond motifs is 2. The van der Waals surface area contributed by atoms with Crippen molar-refractivity contribution in [2.45, 2.75) is 32.1 Å². The Bertz CT molecular complexity index is 894. The highest BCUT2D eigenvalue weighted by atomic mass is 32.2. The van der Waals surface area contributed by atoms with Crippen LogP contribution >= 0.6 is 11.8 Å². The van der Waals surface area contributed by atoms with E-state index in [2.05, 4.69) is 25.7 Å². The first-order chi connectivity index (χ1) is 14.8. The zero-order chi connectivity index (χ0) is 22.6. The van der Waals surface area contributed by atoms with Gasteiger partial charge in [0.05, 0.1) is 18.6 Å². The summed E-state index contributed by atoms with van der Waals surface area (Å²) in [6.07, 6.45) is 3.24. The van der Waals surface area contributed by atoms with Gasteiger partial charge in [-0.2, -0.15) is 0 Å². The second kappa shape index (κ2) is 10.0. The van der Waals surface area contributed by atoms with Crippen molar-refractivity contribution in [2.75, 3.05) is 39.2 Å². The molecule has 0 saturated heterocycles. The van der Waals surface area contributed by atoms with Crippen LogP contribution in [0.2, 0.25) is 0 Å². The summed E-state index contributed by atoms with van der Waals surface area (Å²) in [4.78, 5) is 27.9. The van der Waals surface area contributed by atoms with Crippen molar-refractivity contribution in [2.24, 2.45) is 5.41 Å². The Hall–Kier alpha value is -2.09. The molecule has 1 atom stereocenters. The van der Waals surface area contributed by atoms with Crippen LogP contribution in [0.25, 0.3) is 5.57 Å².